The van der Waals surface area contributed by atoms with Gasteiger partial charge < -0.3 is 0 Å². The van der Waals surface area contributed by atoms with E-state index >= 15 is 0 Å². The van der Waals surface area contributed by atoms with Gasteiger partial charge in [0.15, 0.2) is 0 Å². The molecule has 17 heavy (non-hydrogen) atoms. The van der Waals surface area contributed by atoms with Crippen LogP contribution in [0.1, 0.15) is 29.2 Å². The van der Waals surface area contributed by atoms with Crippen LogP contribution in [0.5, 0.6) is 0 Å². The highest BCUT2D eigenvalue weighted by atomic mass is 32.1. The Balaban J connectivity index is 1.94. The fraction of sp³-hybridized carbons (Fsp3) is 0.286. The zero-order valence-electron chi connectivity index (χ0n) is 10.0. The van der Waals surface area contributed by atoms with E-state index in [0.29, 0.717) is 0 Å². The number of nitrogens with one attached hydrogen (secondary N) is 1. The van der Waals surface area contributed by atoms with Crippen molar-refractivity contribution in [2.45, 2.75) is 25.8 Å². The molecule has 3 heteroatoms. The molecule has 90 valence electrons. The van der Waals surface area contributed by atoms with Crippen molar-refractivity contribution in [3.63, 3.8) is 0 Å². The largest absolute Gasteiger partial charge is 0.271 e. The van der Waals surface area contributed by atoms with Crippen LogP contribution in [0.25, 0.3) is 0 Å². The molecule has 0 saturated heterocycles. The summed E-state index contributed by atoms with van der Waals surface area (Å²) in [4.78, 5) is 0. The molecule has 2 nitrogen and oxygen atoms in total. The van der Waals surface area contributed by atoms with Crippen molar-refractivity contribution in [2.75, 3.05) is 0 Å². The molecule has 1 heterocycles. The predicted octanol–water partition coefficient (Wildman–Crippen LogP) is 3.19. The zero-order chi connectivity index (χ0) is 12.1. The van der Waals surface area contributed by atoms with Gasteiger partial charge in [0.05, 0.1) is 0 Å². The van der Waals surface area contributed by atoms with Crippen molar-refractivity contribution in [2.24, 2.45) is 5.84 Å². The predicted molar refractivity (Wildman–Crippen MR) is 73.9 cm³/mol. The van der Waals surface area contributed by atoms with Gasteiger partial charge in [-0.1, -0.05) is 29.8 Å². The van der Waals surface area contributed by atoms with Crippen molar-refractivity contribution in [1.82, 2.24) is 5.43 Å². The summed E-state index contributed by atoms with van der Waals surface area (Å²) in [5.41, 5.74) is 6.85. The van der Waals surface area contributed by atoms with E-state index in [1.54, 1.807) is 11.3 Å². The van der Waals surface area contributed by atoms with E-state index < -0.39 is 0 Å². The topological polar surface area (TPSA) is 38.0 Å². The lowest BCUT2D eigenvalue weighted by Crippen LogP contribution is -2.28. The van der Waals surface area contributed by atoms with Crippen LogP contribution in [-0.4, -0.2) is 0 Å². The summed E-state index contributed by atoms with van der Waals surface area (Å²) in [5, 5.41) is 4.24. The van der Waals surface area contributed by atoms with Gasteiger partial charge in [-0.15, -0.1) is 0 Å². The number of rotatable bonds is 5. The fourth-order valence-electron chi connectivity index (χ4n) is 1.89. The van der Waals surface area contributed by atoms with Gasteiger partial charge in [0.25, 0.3) is 0 Å². The Morgan fingerprint density at radius 2 is 2.00 bits per heavy atom. The smallest absolute Gasteiger partial charge is 0.0471 e. The van der Waals surface area contributed by atoms with Crippen molar-refractivity contribution in [1.29, 1.82) is 0 Å². The van der Waals surface area contributed by atoms with Crippen molar-refractivity contribution in [3.05, 3.63) is 57.8 Å². The summed E-state index contributed by atoms with van der Waals surface area (Å²) < 4.78 is 0. The lowest BCUT2D eigenvalue weighted by atomic mass is 10.0. The van der Waals surface area contributed by atoms with Crippen LogP contribution in [0.15, 0.2) is 41.1 Å². The van der Waals surface area contributed by atoms with Crippen LogP contribution in [0.3, 0.4) is 0 Å². The highest BCUT2D eigenvalue weighted by Crippen LogP contribution is 2.20. The summed E-state index contributed by atoms with van der Waals surface area (Å²) in [6.45, 7) is 2.11. The van der Waals surface area contributed by atoms with E-state index in [4.69, 9.17) is 5.84 Å². The fourth-order valence-corrected chi connectivity index (χ4v) is 2.60. The third-order valence-electron chi connectivity index (χ3n) is 2.99. The molecular weight excluding hydrogens is 228 g/mol. The molecule has 0 bridgehead atoms. The van der Waals surface area contributed by atoms with Gasteiger partial charge in [-0.25, -0.2) is 0 Å². The molecule has 0 amide bonds. The molecule has 2 aromatic rings. The first-order chi connectivity index (χ1) is 8.29. The van der Waals surface area contributed by atoms with Gasteiger partial charge in [-0.05, 0) is 47.7 Å². The van der Waals surface area contributed by atoms with Crippen LogP contribution >= 0.6 is 11.3 Å². The number of aryl methyl sites for hydroxylation is 2. The first-order valence-electron chi connectivity index (χ1n) is 5.83. The van der Waals surface area contributed by atoms with Crippen LogP contribution in [0.4, 0.5) is 0 Å². The summed E-state index contributed by atoms with van der Waals surface area (Å²) >= 11 is 1.71. The van der Waals surface area contributed by atoms with Gasteiger partial charge >= 0.3 is 0 Å². The van der Waals surface area contributed by atoms with Crippen LogP contribution in [-0.2, 0) is 6.42 Å². The van der Waals surface area contributed by atoms with E-state index in [9.17, 15) is 0 Å². The first kappa shape index (κ1) is 12.3. The summed E-state index contributed by atoms with van der Waals surface area (Å²) in [6, 6.07) is 11.1. The summed E-state index contributed by atoms with van der Waals surface area (Å²) in [7, 11) is 0. The zero-order valence-corrected chi connectivity index (χ0v) is 10.8. The molecule has 1 aromatic carbocycles. The van der Waals surface area contributed by atoms with E-state index in [1.807, 2.05) is 0 Å². The Hall–Kier alpha value is -1.16. The Morgan fingerprint density at radius 3 is 2.59 bits per heavy atom. The van der Waals surface area contributed by atoms with E-state index in [2.05, 4.69) is 53.4 Å². The SMILES string of the molecule is Cc1ccc(CCC(NN)c2ccsc2)cc1. The van der Waals surface area contributed by atoms with Crippen molar-refractivity contribution in [3.8, 4) is 0 Å². The molecule has 1 aromatic heterocycles. The van der Waals surface area contributed by atoms with Crippen LogP contribution in [0, 0.1) is 6.92 Å². The first-order valence-corrected chi connectivity index (χ1v) is 6.77. The minimum atomic E-state index is 0.252. The molecule has 0 radical (unpaired) electrons. The van der Waals surface area contributed by atoms with Crippen molar-refractivity contribution >= 4 is 11.3 Å². The second-order valence-corrected chi connectivity index (χ2v) is 5.08. The molecule has 0 spiro atoms. The Morgan fingerprint density at radius 1 is 1.24 bits per heavy atom. The van der Waals surface area contributed by atoms with Gasteiger partial charge in [0.1, 0.15) is 0 Å². The van der Waals surface area contributed by atoms with E-state index in [0.717, 1.165) is 12.8 Å². The number of benzene rings is 1. The molecule has 2 rings (SSSR count). The normalized spacial score (nSPS) is 12.6. The average Bonchev–Trinajstić information content (AvgIpc) is 2.86. The van der Waals surface area contributed by atoms with Crippen LogP contribution in [0.2, 0.25) is 0 Å². The minimum absolute atomic E-state index is 0.252. The second kappa shape index (κ2) is 5.96. The van der Waals surface area contributed by atoms with Gasteiger partial charge in [0.2, 0.25) is 0 Å². The number of hydrogen-bond donors (Lipinski definition) is 2. The molecule has 0 saturated carbocycles. The molecule has 0 fully saturated rings. The number of hydrogen-bond acceptors (Lipinski definition) is 3. The van der Waals surface area contributed by atoms with Gasteiger partial charge in [0, 0.05) is 6.04 Å². The van der Waals surface area contributed by atoms with E-state index in [1.165, 1.54) is 16.7 Å². The lowest BCUT2D eigenvalue weighted by molar-refractivity contribution is 0.518. The number of thiophene rings is 1. The summed E-state index contributed by atoms with van der Waals surface area (Å²) in [6.07, 6.45) is 2.07. The molecule has 1 atom stereocenters. The molecule has 0 aliphatic carbocycles. The average molecular weight is 246 g/mol. The molecule has 0 aliphatic heterocycles. The molecular formula is C14H18N2S. The maximum absolute atomic E-state index is 5.61. The molecule has 3 N–H and O–H groups in total. The standard InChI is InChI=1S/C14H18N2S/c1-11-2-4-12(5-3-11)6-7-14(16-15)13-8-9-17-10-13/h2-5,8-10,14,16H,6-7,15H2,1H3. The minimum Gasteiger partial charge on any atom is -0.271 e. The maximum Gasteiger partial charge on any atom is 0.0471 e. The Labute approximate surface area is 106 Å². The summed E-state index contributed by atoms with van der Waals surface area (Å²) in [5.74, 6) is 5.61. The Kier molecular flexibility index (Phi) is 4.31. The Bertz CT molecular complexity index is 434. The van der Waals surface area contributed by atoms with Crippen LogP contribution < -0.4 is 11.3 Å². The third-order valence-corrected chi connectivity index (χ3v) is 3.69. The lowest BCUT2D eigenvalue weighted by Gasteiger charge is -2.14. The highest BCUT2D eigenvalue weighted by Gasteiger charge is 2.09. The highest BCUT2D eigenvalue weighted by molar-refractivity contribution is 7.07. The monoisotopic (exact) mass is 246 g/mol. The number of hydrazine groups is 1. The quantitative estimate of drug-likeness (QED) is 0.628. The third kappa shape index (κ3) is 3.40. The van der Waals surface area contributed by atoms with Crippen molar-refractivity contribution < 1.29 is 0 Å². The molecule has 0 aliphatic rings. The van der Waals surface area contributed by atoms with E-state index in [-0.39, 0.29) is 6.04 Å². The van der Waals surface area contributed by atoms with Gasteiger partial charge in [-0.3, -0.25) is 11.3 Å². The van der Waals surface area contributed by atoms with Gasteiger partial charge in [-0.2, -0.15) is 11.3 Å². The molecule has 1 unspecified atom stereocenters. The second-order valence-electron chi connectivity index (χ2n) is 4.30. The maximum atomic E-state index is 5.61. The number of nitrogens with two attached hydrogens (primary N) is 1.